The summed E-state index contributed by atoms with van der Waals surface area (Å²) in [7, 11) is 1.35. The molecule has 23 heavy (non-hydrogen) atoms. The lowest BCUT2D eigenvalue weighted by molar-refractivity contribution is 0.0601. The summed E-state index contributed by atoms with van der Waals surface area (Å²) in [6, 6.07) is 12.5. The summed E-state index contributed by atoms with van der Waals surface area (Å²) in [5.74, 6) is 0.109. The zero-order chi connectivity index (χ0) is 16.1. The van der Waals surface area contributed by atoms with Gasteiger partial charge in [-0.25, -0.2) is 14.8 Å². The normalized spacial score (nSPS) is 10.1. The monoisotopic (exact) mass is 306 g/mol. The second-order valence-corrected chi connectivity index (χ2v) is 4.70. The van der Waals surface area contributed by atoms with Crippen LogP contribution in [-0.2, 0) is 4.74 Å². The van der Waals surface area contributed by atoms with Crippen LogP contribution in [0.5, 0.6) is 0 Å². The highest BCUT2D eigenvalue weighted by Crippen LogP contribution is 2.19. The Labute approximate surface area is 133 Å². The van der Waals surface area contributed by atoms with Crippen LogP contribution in [-0.4, -0.2) is 28.0 Å². The smallest absolute Gasteiger partial charge is 0.337 e. The number of aromatic nitrogens is 3. The Hall–Kier alpha value is -3.28. The van der Waals surface area contributed by atoms with E-state index in [-0.39, 0.29) is 5.97 Å². The molecule has 0 aliphatic heterocycles. The average Bonchev–Trinajstić information content (AvgIpc) is 2.63. The fraction of sp³-hybridized carbons (Fsp3) is 0.0588. The molecule has 0 bridgehead atoms. The lowest BCUT2D eigenvalue weighted by atomic mass is 10.2. The summed E-state index contributed by atoms with van der Waals surface area (Å²) in [4.78, 5) is 24.1. The van der Waals surface area contributed by atoms with Crippen LogP contribution in [0, 0.1) is 0 Å². The highest BCUT2D eigenvalue weighted by molar-refractivity contribution is 5.89. The number of hydrogen-bond donors (Lipinski definition) is 1. The van der Waals surface area contributed by atoms with Crippen molar-refractivity contribution in [1.29, 1.82) is 0 Å². The van der Waals surface area contributed by atoms with Crippen LogP contribution in [0.15, 0.2) is 61.1 Å². The number of methoxy groups -OCH3 is 1. The van der Waals surface area contributed by atoms with Gasteiger partial charge in [0.25, 0.3) is 0 Å². The van der Waals surface area contributed by atoms with Crippen LogP contribution >= 0.6 is 0 Å². The molecule has 0 unspecified atom stereocenters. The molecule has 0 spiro atoms. The van der Waals surface area contributed by atoms with Gasteiger partial charge in [0.2, 0.25) is 5.95 Å². The third-order valence-corrected chi connectivity index (χ3v) is 3.19. The number of pyridine rings is 1. The first kappa shape index (κ1) is 14.6. The van der Waals surface area contributed by atoms with Crippen LogP contribution in [0.3, 0.4) is 0 Å². The number of nitrogens with zero attached hydrogens (tertiary/aromatic N) is 3. The standard InChI is InChI=1S/C17H14N4O2/c1-23-16(22)13-2-4-14(5-3-13)20-17-19-11-8-15(21-17)12-6-9-18-10-7-12/h2-11H,1H3,(H,19,20,21). The van der Waals surface area contributed by atoms with Gasteiger partial charge in [0.05, 0.1) is 18.4 Å². The van der Waals surface area contributed by atoms with Gasteiger partial charge in [-0.15, -0.1) is 0 Å². The molecule has 2 aromatic heterocycles. The molecule has 0 amide bonds. The van der Waals surface area contributed by atoms with Crippen molar-refractivity contribution in [3.8, 4) is 11.3 Å². The van der Waals surface area contributed by atoms with Gasteiger partial charge < -0.3 is 10.1 Å². The van der Waals surface area contributed by atoms with Crippen molar-refractivity contribution in [3.63, 3.8) is 0 Å². The first-order valence-corrected chi connectivity index (χ1v) is 6.95. The molecule has 0 aliphatic carbocycles. The van der Waals surface area contributed by atoms with E-state index in [9.17, 15) is 4.79 Å². The van der Waals surface area contributed by atoms with E-state index in [2.05, 4.69) is 25.0 Å². The predicted octanol–water partition coefficient (Wildman–Crippen LogP) is 3.07. The maximum absolute atomic E-state index is 11.4. The molecule has 1 N–H and O–H groups in total. The molecule has 2 heterocycles. The SMILES string of the molecule is COC(=O)c1ccc(Nc2nccc(-c3ccncc3)n2)cc1. The first-order chi connectivity index (χ1) is 11.3. The predicted molar refractivity (Wildman–Crippen MR) is 86.3 cm³/mol. The molecular formula is C17H14N4O2. The number of ether oxygens (including phenoxy) is 1. The van der Waals surface area contributed by atoms with Crippen LogP contribution < -0.4 is 5.32 Å². The highest BCUT2D eigenvalue weighted by atomic mass is 16.5. The van der Waals surface area contributed by atoms with Gasteiger partial charge in [-0.2, -0.15) is 0 Å². The number of hydrogen-bond acceptors (Lipinski definition) is 6. The Morgan fingerprint density at radius 1 is 1.00 bits per heavy atom. The van der Waals surface area contributed by atoms with E-state index in [1.165, 1.54) is 7.11 Å². The van der Waals surface area contributed by atoms with Crippen LogP contribution in [0.1, 0.15) is 10.4 Å². The van der Waals surface area contributed by atoms with Crippen molar-refractivity contribution >= 4 is 17.6 Å². The van der Waals surface area contributed by atoms with Crippen LogP contribution in [0.4, 0.5) is 11.6 Å². The Morgan fingerprint density at radius 3 is 2.43 bits per heavy atom. The van der Waals surface area contributed by atoms with Gasteiger partial charge in [-0.1, -0.05) is 0 Å². The summed E-state index contributed by atoms with van der Waals surface area (Å²) in [5.41, 5.74) is 3.04. The number of esters is 1. The fourth-order valence-electron chi connectivity index (χ4n) is 2.04. The van der Waals surface area contributed by atoms with E-state index in [4.69, 9.17) is 0 Å². The van der Waals surface area contributed by atoms with E-state index < -0.39 is 0 Å². The van der Waals surface area contributed by atoms with Crippen molar-refractivity contribution in [1.82, 2.24) is 15.0 Å². The van der Waals surface area contributed by atoms with E-state index in [1.54, 1.807) is 42.9 Å². The summed E-state index contributed by atoms with van der Waals surface area (Å²) in [5, 5.41) is 3.11. The first-order valence-electron chi connectivity index (χ1n) is 6.95. The second kappa shape index (κ2) is 6.65. The molecule has 0 saturated heterocycles. The zero-order valence-electron chi connectivity index (χ0n) is 12.4. The van der Waals surface area contributed by atoms with E-state index in [0.29, 0.717) is 11.5 Å². The van der Waals surface area contributed by atoms with Gasteiger partial charge >= 0.3 is 5.97 Å². The number of carbonyl (C=O) groups is 1. The Bertz CT molecular complexity index is 804. The molecule has 0 atom stereocenters. The zero-order valence-corrected chi connectivity index (χ0v) is 12.4. The Balaban J connectivity index is 1.79. The minimum atomic E-state index is -0.368. The van der Waals surface area contributed by atoms with Crippen molar-refractivity contribution in [2.75, 3.05) is 12.4 Å². The number of rotatable bonds is 4. The van der Waals surface area contributed by atoms with Crippen LogP contribution in [0.25, 0.3) is 11.3 Å². The van der Waals surface area contributed by atoms with Gasteiger partial charge in [-0.05, 0) is 42.5 Å². The molecule has 0 radical (unpaired) electrons. The van der Waals surface area contributed by atoms with E-state index >= 15 is 0 Å². The quantitative estimate of drug-likeness (QED) is 0.746. The summed E-state index contributed by atoms with van der Waals surface area (Å²) < 4.78 is 4.67. The molecule has 1 aromatic carbocycles. The maximum atomic E-state index is 11.4. The molecule has 0 fully saturated rings. The fourth-order valence-corrected chi connectivity index (χ4v) is 2.04. The van der Waals surface area contributed by atoms with Crippen molar-refractivity contribution in [3.05, 3.63) is 66.6 Å². The molecule has 3 aromatic rings. The Kier molecular flexibility index (Phi) is 4.24. The molecule has 6 nitrogen and oxygen atoms in total. The molecule has 0 saturated carbocycles. The Morgan fingerprint density at radius 2 is 1.74 bits per heavy atom. The molecule has 6 heteroatoms. The highest BCUT2D eigenvalue weighted by Gasteiger charge is 2.06. The van der Waals surface area contributed by atoms with Gasteiger partial charge in [-0.3, -0.25) is 4.98 Å². The van der Waals surface area contributed by atoms with Crippen molar-refractivity contribution in [2.45, 2.75) is 0 Å². The van der Waals surface area contributed by atoms with Gasteiger partial charge in [0.15, 0.2) is 0 Å². The van der Waals surface area contributed by atoms with E-state index in [1.807, 2.05) is 18.2 Å². The molecule has 0 aliphatic rings. The minimum Gasteiger partial charge on any atom is -0.465 e. The summed E-state index contributed by atoms with van der Waals surface area (Å²) in [6.07, 6.45) is 5.13. The second-order valence-electron chi connectivity index (χ2n) is 4.70. The largest absolute Gasteiger partial charge is 0.465 e. The summed E-state index contributed by atoms with van der Waals surface area (Å²) >= 11 is 0. The van der Waals surface area contributed by atoms with Gasteiger partial charge in [0, 0.05) is 29.8 Å². The number of carbonyl (C=O) groups excluding carboxylic acids is 1. The van der Waals surface area contributed by atoms with Crippen molar-refractivity contribution < 1.29 is 9.53 Å². The molecule has 3 rings (SSSR count). The third kappa shape index (κ3) is 3.49. The lowest BCUT2D eigenvalue weighted by Gasteiger charge is -2.07. The minimum absolute atomic E-state index is 0.368. The van der Waals surface area contributed by atoms with Crippen molar-refractivity contribution in [2.24, 2.45) is 0 Å². The number of benzene rings is 1. The number of nitrogens with one attached hydrogen (secondary N) is 1. The summed E-state index contributed by atoms with van der Waals surface area (Å²) in [6.45, 7) is 0. The number of anilines is 2. The third-order valence-electron chi connectivity index (χ3n) is 3.19. The van der Waals surface area contributed by atoms with Crippen LogP contribution in [0.2, 0.25) is 0 Å². The van der Waals surface area contributed by atoms with Gasteiger partial charge in [0.1, 0.15) is 0 Å². The lowest BCUT2D eigenvalue weighted by Crippen LogP contribution is -2.02. The molecular weight excluding hydrogens is 292 g/mol. The molecule has 114 valence electrons. The maximum Gasteiger partial charge on any atom is 0.337 e. The average molecular weight is 306 g/mol. The topological polar surface area (TPSA) is 77.0 Å². The van der Waals surface area contributed by atoms with E-state index in [0.717, 1.165) is 16.9 Å².